The number of carbonyl (C=O) groups is 2. The Morgan fingerprint density at radius 3 is 2.75 bits per heavy atom. The third kappa shape index (κ3) is 3.63. The molecule has 110 valence electrons. The van der Waals surface area contributed by atoms with Crippen LogP contribution >= 0.6 is 23.1 Å². The van der Waals surface area contributed by atoms with Crippen molar-refractivity contribution in [1.82, 2.24) is 15.6 Å². The lowest BCUT2D eigenvalue weighted by atomic mass is 9.84. The molecular formula is C12H17N3O3S2. The number of hydrogen-bond donors (Lipinski definition) is 3. The topological polar surface area (TPSA) is 91.3 Å². The number of nitrogens with one attached hydrogen (secondary N) is 2. The Morgan fingerprint density at radius 1 is 1.50 bits per heavy atom. The second-order valence-corrected chi connectivity index (χ2v) is 6.93. The first-order valence-corrected chi connectivity index (χ1v) is 8.40. The van der Waals surface area contributed by atoms with Crippen LogP contribution in [0.25, 0.3) is 0 Å². The SMILES string of the molecule is CSC1(CNC(=O)NCc2nc(C(=O)O)cs2)CCC1. The summed E-state index contributed by atoms with van der Waals surface area (Å²) >= 11 is 3.03. The lowest BCUT2D eigenvalue weighted by Gasteiger charge is -2.40. The van der Waals surface area contributed by atoms with E-state index in [0.29, 0.717) is 11.6 Å². The quantitative estimate of drug-likeness (QED) is 0.746. The highest BCUT2D eigenvalue weighted by Gasteiger charge is 2.36. The number of carbonyl (C=O) groups excluding carboxylic acids is 1. The highest BCUT2D eigenvalue weighted by Crippen LogP contribution is 2.42. The fourth-order valence-corrected chi connectivity index (χ4v) is 3.60. The van der Waals surface area contributed by atoms with Gasteiger partial charge in [-0.2, -0.15) is 11.8 Å². The lowest BCUT2D eigenvalue weighted by molar-refractivity contribution is 0.0691. The Balaban J connectivity index is 1.73. The number of aromatic nitrogens is 1. The van der Waals surface area contributed by atoms with Crippen molar-refractivity contribution in [2.75, 3.05) is 12.8 Å². The monoisotopic (exact) mass is 315 g/mol. The zero-order valence-corrected chi connectivity index (χ0v) is 12.8. The first-order chi connectivity index (χ1) is 9.54. The normalized spacial score (nSPS) is 16.2. The van der Waals surface area contributed by atoms with E-state index in [4.69, 9.17) is 5.11 Å². The number of carboxylic acid groups (broad SMARTS) is 1. The highest BCUT2D eigenvalue weighted by atomic mass is 32.2. The van der Waals surface area contributed by atoms with Crippen LogP contribution in [-0.2, 0) is 6.54 Å². The van der Waals surface area contributed by atoms with Gasteiger partial charge in [0, 0.05) is 16.7 Å². The Labute approximate surface area is 125 Å². The maximum atomic E-state index is 11.7. The fraction of sp³-hybridized carbons (Fsp3) is 0.583. The molecule has 1 fully saturated rings. The van der Waals surface area contributed by atoms with Crippen LogP contribution in [0.5, 0.6) is 0 Å². The number of aromatic carboxylic acids is 1. The van der Waals surface area contributed by atoms with Gasteiger partial charge in [0.15, 0.2) is 5.69 Å². The summed E-state index contributed by atoms with van der Waals surface area (Å²) in [4.78, 5) is 26.3. The number of urea groups is 1. The highest BCUT2D eigenvalue weighted by molar-refractivity contribution is 8.00. The van der Waals surface area contributed by atoms with E-state index in [1.54, 1.807) is 11.8 Å². The minimum Gasteiger partial charge on any atom is -0.476 e. The van der Waals surface area contributed by atoms with Crippen LogP contribution in [-0.4, -0.2) is 39.6 Å². The van der Waals surface area contributed by atoms with Crippen molar-refractivity contribution < 1.29 is 14.7 Å². The van der Waals surface area contributed by atoms with Gasteiger partial charge in [0.05, 0.1) is 6.54 Å². The number of amides is 2. The second kappa shape index (κ2) is 6.45. The Bertz CT molecular complexity index is 494. The zero-order valence-electron chi connectivity index (χ0n) is 11.1. The number of carboxylic acids is 1. The number of rotatable bonds is 6. The first kappa shape index (κ1) is 15.1. The molecule has 1 aromatic rings. The van der Waals surface area contributed by atoms with Gasteiger partial charge in [0.2, 0.25) is 0 Å². The molecular weight excluding hydrogens is 298 g/mol. The minimum absolute atomic E-state index is 0.0167. The van der Waals surface area contributed by atoms with Crippen LogP contribution < -0.4 is 10.6 Å². The number of thiazole rings is 1. The maximum Gasteiger partial charge on any atom is 0.355 e. The first-order valence-electron chi connectivity index (χ1n) is 6.29. The van der Waals surface area contributed by atoms with Crippen molar-refractivity contribution in [2.24, 2.45) is 0 Å². The van der Waals surface area contributed by atoms with Crippen LogP contribution in [0.15, 0.2) is 5.38 Å². The summed E-state index contributed by atoms with van der Waals surface area (Å²) in [5, 5.41) is 16.4. The van der Waals surface area contributed by atoms with Gasteiger partial charge in [-0.05, 0) is 19.1 Å². The Kier molecular flexibility index (Phi) is 4.87. The molecule has 6 nitrogen and oxygen atoms in total. The summed E-state index contributed by atoms with van der Waals surface area (Å²) in [5.74, 6) is -1.05. The summed E-state index contributed by atoms with van der Waals surface area (Å²) < 4.78 is 0.203. The maximum absolute atomic E-state index is 11.7. The molecule has 0 radical (unpaired) electrons. The van der Waals surface area contributed by atoms with Crippen LogP contribution in [0, 0.1) is 0 Å². The van der Waals surface area contributed by atoms with Gasteiger partial charge in [-0.25, -0.2) is 14.6 Å². The smallest absolute Gasteiger partial charge is 0.355 e. The minimum atomic E-state index is -1.05. The van der Waals surface area contributed by atoms with E-state index in [0.717, 1.165) is 12.8 Å². The average Bonchev–Trinajstić information content (AvgIpc) is 2.84. The van der Waals surface area contributed by atoms with Crippen LogP contribution in [0.1, 0.15) is 34.8 Å². The summed E-state index contributed by atoms with van der Waals surface area (Å²) in [5.41, 5.74) is 0.0167. The number of hydrogen-bond acceptors (Lipinski definition) is 5. The molecule has 1 aliphatic rings. The summed E-state index contributed by atoms with van der Waals surface area (Å²) in [7, 11) is 0. The summed E-state index contributed by atoms with van der Waals surface area (Å²) in [6.45, 7) is 0.911. The van der Waals surface area contributed by atoms with E-state index in [1.807, 2.05) is 0 Å². The molecule has 2 amide bonds. The zero-order chi connectivity index (χ0) is 14.6. The summed E-state index contributed by atoms with van der Waals surface area (Å²) in [6.07, 6.45) is 5.58. The lowest BCUT2D eigenvalue weighted by Crippen LogP contribution is -2.47. The van der Waals surface area contributed by atoms with E-state index >= 15 is 0 Å². The van der Waals surface area contributed by atoms with Crippen molar-refractivity contribution in [3.63, 3.8) is 0 Å². The van der Waals surface area contributed by atoms with E-state index in [1.165, 1.54) is 23.1 Å². The molecule has 0 bridgehead atoms. The van der Waals surface area contributed by atoms with Crippen LogP contribution in [0.2, 0.25) is 0 Å². The van der Waals surface area contributed by atoms with Crippen molar-refractivity contribution in [3.05, 3.63) is 16.1 Å². The van der Waals surface area contributed by atoms with Crippen LogP contribution in [0.3, 0.4) is 0 Å². The molecule has 1 saturated carbocycles. The molecule has 1 heterocycles. The standard InChI is InChI=1S/C12H17N3O3S2/c1-19-12(3-2-4-12)7-14-11(18)13-5-9-15-8(6-20-9)10(16)17/h6H,2-5,7H2,1H3,(H,16,17)(H2,13,14,18). The molecule has 20 heavy (non-hydrogen) atoms. The molecule has 0 saturated heterocycles. The Hall–Kier alpha value is -1.28. The molecule has 8 heteroatoms. The van der Waals surface area contributed by atoms with Gasteiger partial charge in [-0.3, -0.25) is 0 Å². The molecule has 0 aliphatic heterocycles. The molecule has 0 spiro atoms. The van der Waals surface area contributed by atoms with Gasteiger partial charge in [-0.1, -0.05) is 6.42 Å². The molecule has 3 N–H and O–H groups in total. The predicted octanol–water partition coefficient (Wildman–Crippen LogP) is 1.93. The van der Waals surface area contributed by atoms with E-state index < -0.39 is 5.97 Å². The third-order valence-electron chi connectivity index (χ3n) is 3.44. The van der Waals surface area contributed by atoms with E-state index in [9.17, 15) is 9.59 Å². The van der Waals surface area contributed by atoms with Gasteiger partial charge >= 0.3 is 12.0 Å². The van der Waals surface area contributed by atoms with Gasteiger partial charge in [0.25, 0.3) is 0 Å². The van der Waals surface area contributed by atoms with E-state index in [-0.39, 0.29) is 23.0 Å². The molecule has 0 aromatic carbocycles. The van der Waals surface area contributed by atoms with Gasteiger partial charge in [-0.15, -0.1) is 11.3 Å². The van der Waals surface area contributed by atoms with Gasteiger partial charge < -0.3 is 15.7 Å². The molecule has 2 rings (SSSR count). The molecule has 1 aromatic heterocycles. The largest absolute Gasteiger partial charge is 0.476 e. The predicted molar refractivity (Wildman–Crippen MR) is 79.4 cm³/mol. The molecule has 0 atom stereocenters. The average molecular weight is 315 g/mol. The Morgan fingerprint density at radius 2 is 2.25 bits per heavy atom. The second-order valence-electron chi connectivity index (χ2n) is 4.71. The molecule has 1 aliphatic carbocycles. The number of nitrogens with zero attached hydrogens (tertiary/aromatic N) is 1. The van der Waals surface area contributed by atoms with Crippen molar-refractivity contribution in [3.8, 4) is 0 Å². The van der Waals surface area contributed by atoms with Crippen molar-refractivity contribution >= 4 is 35.1 Å². The van der Waals surface area contributed by atoms with Crippen LogP contribution in [0.4, 0.5) is 4.79 Å². The third-order valence-corrected chi connectivity index (χ3v) is 5.71. The van der Waals surface area contributed by atoms with Crippen molar-refractivity contribution in [1.29, 1.82) is 0 Å². The van der Waals surface area contributed by atoms with Gasteiger partial charge in [0.1, 0.15) is 5.01 Å². The number of thioether (sulfide) groups is 1. The van der Waals surface area contributed by atoms with Crippen molar-refractivity contribution in [2.45, 2.75) is 30.6 Å². The van der Waals surface area contributed by atoms with E-state index in [2.05, 4.69) is 21.9 Å². The summed E-state index contributed by atoms with van der Waals surface area (Å²) in [6, 6.07) is -0.239. The molecule has 0 unspecified atom stereocenters. The fourth-order valence-electron chi connectivity index (χ4n) is 1.97.